The summed E-state index contributed by atoms with van der Waals surface area (Å²) in [6.45, 7) is 3.74. The lowest BCUT2D eigenvalue weighted by Crippen LogP contribution is -2.45. The maximum absolute atomic E-state index is 12.5. The van der Waals surface area contributed by atoms with Crippen LogP contribution in [0.5, 0.6) is 0 Å². The second-order valence-corrected chi connectivity index (χ2v) is 6.13. The van der Waals surface area contributed by atoms with E-state index in [2.05, 4.69) is 15.5 Å². The molecule has 1 saturated carbocycles. The largest absolute Gasteiger partial charge is 0.337 e. The monoisotopic (exact) mass is 307 g/mol. The molecule has 1 aromatic rings. The summed E-state index contributed by atoms with van der Waals surface area (Å²) in [5, 5.41) is 6.67. The summed E-state index contributed by atoms with van der Waals surface area (Å²) in [4.78, 5) is 30.0. The number of urea groups is 1. The van der Waals surface area contributed by atoms with E-state index < -0.39 is 17.1 Å². The van der Waals surface area contributed by atoms with Gasteiger partial charge in [0.1, 0.15) is 12.1 Å². The van der Waals surface area contributed by atoms with E-state index in [0.29, 0.717) is 18.7 Å². The predicted octanol–water partition coefficient (Wildman–Crippen LogP) is 1.02. The predicted molar refractivity (Wildman–Crippen MR) is 76.4 cm³/mol. The Morgan fingerprint density at radius 3 is 2.50 bits per heavy atom. The zero-order chi connectivity index (χ0) is 16.0. The van der Waals surface area contributed by atoms with E-state index in [0.717, 1.165) is 24.2 Å². The molecule has 0 spiro atoms. The van der Waals surface area contributed by atoms with Gasteiger partial charge in [-0.05, 0) is 32.1 Å². The van der Waals surface area contributed by atoms with Gasteiger partial charge in [-0.15, -0.1) is 0 Å². The van der Waals surface area contributed by atoms with Crippen LogP contribution < -0.4 is 11.1 Å². The van der Waals surface area contributed by atoms with Crippen molar-refractivity contribution in [2.75, 3.05) is 0 Å². The Kier molecular flexibility index (Phi) is 3.43. The minimum Gasteiger partial charge on any atom is -0.337 e. The van der Waals surface area contributed by atoms with Gasteiger partial charge in [0.15, 0.2) is 5.82 Å². The Bertz CT molecular complexity index is 603. The molecule has 3 N–H and O–H groups in total. The van der Waals surface area contributed by atoms with Crippen LogP contribution in [-0.4, -0.2) is 32.5 Å². The SMILES string of the molecule is CCC1(CC)NC(=O)N(Cc2nc(C3(N)CCC3)no2)C1=O. The highest BCUT2D eigenvalue weighted by Gasteiger charge is 2.49. The molecule has 0 unspecified atom stereocenters. The standard InChI is InChI=1S/C14H21N5O3/c1-3-14(4-2)11(20)19(12(21)17-14)8-9-16-10(18-22-9)13(15)6-5-7-13/h3-8,15H2,1-2H3,(H,17,21). The number of nitrogens with zero attached hydrogens (tertiary/aromatic N) is 3. The summed E-state index contributed by atoms with van der Waals surface area (Å²) in [7, 11) is 0. The number of imide groups is 1. The quantitative estimate of drug-likeness (QED) is 0.785. The Balaban J connectivity index is 1.76. The van der Waals surface area contributed by atoms with Crippen LogP contribution >= 0.6 is 0 Å². The van der Waals surface area contributed by atoms with E-state index >= 15 is 0 Å². The Labute approximate surface area is 128 Å². The van der Waals surface area contributed by atoms with Crippen LogP contribution in [0, 0.1) is 0 Å². The highest BCUT2D eigenvalue weighted by molar-refractivity contribution is 6.06. The minimum absolute atomic E-state index is 0.0184. The highest BCUT2D eigenvalue weighted by atomic mass is 16.5. The van der Waals surface area contributed by atoms with Gasteiger partial charge in [0.2, 0.25) is 5.89 Å². The molecule has 8 heteroatoms. The fraction of sp³-hybridized carbons (Fsp3) is 0.714. The van der Waals surface area contributed by atoms with Gasteiger partial charge in [-0.1, -0.05) is 19.0 Å². The molecule has 1 aromatic heterocycles. The highest BCUT2D eigenvalue weighted by Crippen LogP contribution is 2.37. The number of hydrogen-bond donors (Lipinski definition) is 2. The average Bonchev–Trinajstić information content (AvgIpc) is 3.04. The van der Waals surface area contributed by atoms with Crippen LogP contribution in [0.1, 0.15) is 57.7 Å². The summed E-state index contributed by atoms with van der Waals surface area (Å²) >= 11 is 0. The molecule has 3 rings (SSSR count). The van der Waals surface area contributed by atoms with Gasteiger partial charge in [-0.3, -0.25) is 9.69 Å². The third kappa shape index (κ3) is 2.09. The molecule has 0 radical (unpaired) electrons. The number of nitrogens with one attached hydrogen (secondary N) is 1. The maximum atomic E-state index is 12.5. The molecular formula is C14H21N5O3. The molecule has 22 heavy (non-hydrogen) atoms. The van der Waals surface area contributed by atoms with E-state index in [-0.39, 0.29) is 18.3 Å². The van der Waals surface area contributed by atoms with Crippen LogP contribution in [0.25, 0.3) is 0 Å². The van der Waals surface area contributed by atoms with Crippen LogP contribution in [0.3, 0.4) is 0 Å². The lowest BCUT2D eigenvalue weighted by Gasteiger charge is -2.34. The molecule has 1 aliphatic heterocycles. The molecule has 120 valence electrons. The minimum atomic E-state index is -0.816. The fourth-order valence-electron chi connectivity index (χ4n) is 2.99. The zero-order valence-corrected chi connectivity index (χ0v) is 12.9. The third-order valence-corrected chi connectivity index (χ3v) is 4.91. The van der Waals surface area contributed by atoms with Gasteiger partial charge >= 0.3 is 6.03 Å². The Morgan fingerprint density at radius 2 is 2.00 bits per heavy atom. The van der Waals surface area contributed by atoms with Crippen molar-refractivity contribution in [3.8, 4) is 0 Å². The molecule has 2 heterocycles. The van der Waals surface area contributed by atoms with Crippen molar-refractivity contribution >= 4 is 11.9 Å². The van der Waals surface area contributed by atoms with Crippen molar-refractivity contribution in [3.05, 3.63) is 11.7 Å². The molecule has 0 atom stereocenters. The summed E-state index contributed by atoms with van der Waals surface area (Å²) < 4.78 is 5.17. The van der Waals surface area contributed by atoms with E-state index in [1.54, 1.807) is 0 Å². The zero-order valence-electron chi connectivity index (χ0n) is 12.9. The van der Waals surface area contributed by atoms with Gasteiger partial charge in [0.05, 0.1) is 5.54 Å². The maximum Gasteiger partial charge on any atom is 0.325 e. The molecule has 1 aliphatic carbocycles. The van der Waals surface area contributed by atoms with E-state index in [1.807, 2.05) is 13.8 Å². The molecule has 2 fully saturated rings. The van der Waals surface area contributed by atoms with Crippen LogP contribution in [0.15, 0.2) is 4.52 Å². The van der Waals surface area contributed by atoms with E-state index in [4.69, 9.17) is 10.3 Å². The second-order valence-electron chi connectivity index (χ2n) is 6.13. The van der Waals surface area contributed by atoms with Crippen molar-refractivity contribution in [3.63, 3.8) is 0 Å². The smallest absolute Gasteiger partial charge is 0.325 e. The second kappa shape index (κ2) is 5.05. The topological polar surface area (TPSA) is 114 Å². The third-order valence-electron chi connectivity index (χ3n) is 4.91. The lowest BCUT2D eigenvalue weighted by atomic mass is 9.77. The molecule has 0 bridgehead atoms. The van der Waals surface area contributed by atoms with Gasteiger partial charge in [-0.25, -0.2) is 4.79 Å². The molecule has 3 amide bonds. The van der Waals surface area contributed by atoms with E-state index in [9.17, 15) is 9.59 Å². The Morgan fingerprint density at radius 1 is 1.32 bits per heavy atom. The van der Waals surface area contributed by atoms with Crippen molar-refractivity contribution in [2.24, 2.45) is 5.73 Å². The van der Waals surface area contributed by atoms with Crippen LogP contribution in [0.2, 0.25) is 0 Å². The van der Waals surface area contributed by atoms with Crippen molar-refractivity contribution in [1.82, 2.24) is 20.4 Å². The van der Waals surface area contributed by atoms with Crippen molar-refractivity contribution < 1.29 is 14.1 Å². The number of hydrogen-bond acceptors (Lipinski definition) is 6. The number of carbonyl (C=O) groups is 2. The summed E-state index contributed by atoms with van der Waals surface area (Å²) in [5.41, 5.74) is 4.81. The first-order chi connectivity index (χ1) is 10.4. The fourth-order valence-corrected chi connectivity index (χ4v) is 2.99. The van der Waals surface area contributed by atoms with Gasteiger partial charge in [0.25, 0.3) is 5.91 Å². The first kappa shape index (κ1) is 15.0. The van der Waals surface area contributed by atoms with Gasteiger partial charge < -0.3 is 15.6 Å². The summed E-state index contributed by atoms with van der Waals surface area (Å²) in [5.74, 6) is 0.449. The Hall–Kier alpha value is -1.96. The summed E-state index contributed by atoms with van der Waals surface area (Å²) in [6, 6.07) is -0.417. The first-order valence-electron chi connectivity index (χ1n) is 7.70. The number of nitrogens with two attached hydrogens (primary N) is 1. The molecule has 8 nitrogen and oxygen atoms in total. The number of amides is 3. The van der Waals surface area contributed by atoms with Gasteiger partial charge in [0, 0.05) is 0 Å². The molecular weight excluding hydrogens is 286 g/mol. The lowest BCUT2D eigenvalue weighted by molar-refractivity contribution is -0.132. The van der Waals surface area contributed by atoms with E-state index in [1.165, 1.54) is 0 Å². The van der Waals surface area contributed by atoms with Crippen LogP contribution in [-0.2, 0) is 16.9 Å². The van der Waals surface area contributed by atoms with Crippen molar-refractivity contribution in [1.29, 1.82) is 0 Å². The summed E-state index contributed by atoms with van der Waals surface area (Å²) in [6.07, 6.45) is 3.79. The van der Waals surface area contributed by atoms with Gasteiger partial charge in [-0.2, -0.15) is 4.98 Å². The normalized spacial score (nSPS) is 22.6. The number of carbonyl (C=O) groups excluding carboxylic acids is 2. The number of aromatic nitrogens is 2. The van der Waals surface area contributed by atoms with Crippen molar-refractivity contribution in [2.45, 2.75) is 63.6 Å². The van der Waals surface area contributed by atoms with Crippen LogP contribution in [0.4, 0.5) is 4.79 Å². The molecule has 0 aromatic carbocycles. The average molecular weight is 307 g/mol. The number of rotatable bonds is 5. The molecule has 2 aliphatic rings. The molecule has 1 saturated heterocycles. The first-order valence-corrected chi connectivity index (χ1v) is 7.70.